The molecule has 5 heterocycles. The van der Waals surface area contributed by atoms with Crippen molar-refractivity contribution < 1.29 is 14.3 Å². The summed E-state index contributed by atoms with van der Waals surface area (Å²) < 4.78 is 13.8. The number of ether oxygens (including phenoxy) is 2. The van der Waals surface area contributed by atoms with Gasteiger partial charge in [0.1, 0.15) is 12.3 Å². The van der Waals surface area contributed by atoms with Gasteiger partial charge in [-0.1, -0.05) is 5.21 Å². The van der Waals surface area contributed by atoms with Crippen molar-refractivity contribution in [1.82, 2.24) is 35.1 Å². The first-order valence-corrected chi connectivity index (χ1v) is 11.0. The maximum Gasteiger partial charge on any atom is 0.274 e. The standard InChI is InChI=1S/C21H29N7O3/c1-26-7-4-16(5-8-26)27-12-17-19(13-27)31-14-15-11-28(25-24-15)9-10-30-18-3-2-6-22-20(18)21(29)23-17/h2-3,6,11,16-17,19H,4-5,7-10,12-14H2,1H3,(H,23,29)/t17-,19-/m0/s1. The van der Waals surface area contributed by atoms with E-state index in [-0.39, 0.29) is 18.1 Å². The van der Waals surface area contributed by atoms with Gasteiger partial charge in [-0.05, 0) is 45.1 Å². The average Bonchev–Trinajstić information content (AvgIpc) is 3.39. The molecule has 3 aliphatic rings. The van der Waals surface area contributed by atoms with Crippen LogP contribution in [-0.4, -0.2) is 93.7 Å². The first-order valence-electron chi connectivity index (χ1n) is 11.0. The van der Waals surface area contributed by atoms with Crippen molar-refractivity contribution in [2.75, 3.05) is 39.8 Å². The molecule has 0 unspecified atom stereocenters. The summed E-state index contributed by atoms with van der Waals surface area (Å²) in [6.45, 7) is 5.01. The summed E-state index contributed by atoms with van der Waals surface area (Å²) in [4.78, 5) is 22.2. The zero-order valence-corrected chi connectivity index (χ0v) is 17.8. The van der Waals surface area contributed by atoms with E-state index in [2.05, 4.69) is 37.5 Å². The van der Waals surface area contributed by atoms with E-state index in [4.69, 9.17) is 9.47 Å². The molecule has 166 valence electrons. The predicted octanol–water partition coefficient (Wildman–Crippen LogP) is 0.159. The molecule has 2 aromatic rings. The maximum atomic E-state index is 13.1. The molecule has 31 heavy (non-hydrogen) atoms. The van der Waals surface area contributed by atoms with Crippen molar-refractivity contribution in [1.29, 1.82) is 0 Å². The number of rotatable bonds is 1. The normalized spacial score (nSPS) is 26.4. The number of carbonyl (C=O) groups is 1. The van der Waals surface area contributed by atoms with Crippen LogP contribution in [0.5, 0.6) is 5.75 Å². The number of hydrogen-bond acceptors (Lipinski definition) is 8. The summed E-state index contributed by atoms with van der Waals surface area (Å²) in [5.74, 6) is 0.244. The van der Waals surface area contributed by atoms with Crippen LogP contribution in [0.2, 0.25) is 0 Å². The molecule has 0 spiro atoms. The Labute approximate surface area is 181 Å². The van der Waals surface area contributed by atoms with Gasteiger partial charge >= 0.3 is 0 Å². The van der Waals surface area contributed by atoms with Crippen molar-refractivity contribution in [2.24, 2.45) is 0 Å². The van der Waals surface area contributed by atoms with Crippen molar-refractivity contribution >= 4 is 5.91 Å². The van der Waals surface area contributed by atoms with Gasteiger partial charge in [0.25, 0.3) is 5.91 Å². The number of pyridine rings is 1. The molecule has 10 heteroatoms. The quantitative estimate of drug-likeness (QED) is 0.687. The summed E-state index contributed by atoms with van der Waals surface area (Å²) in [6.07, 6.45) is 5.65. The first-order chi connectivity index (χ1) is 15.2. The molecule has 2 fully saturated rings. The first kappa shape index (κ1) is 20.3. The summed E-state index contributed by atoms with van der Waals surface area (Å²) in [5, 5.41) is 11.5. The molecule has 0 radical (unpaired) electrons. The lowest BCUT2D eigenvalue weighted by Crippen LogP contribution is -2.45. The molecule has 0 aromatic carbocycles. The molecule has 10 nitrogen and oxygen atoms in total. The molecule has 1 N–H and O–H groups in total. The molecule has 1 amide bonds. The van der Waals surface area contributed by atoms with Gasteiger partial charge < -0.3 is 19.7 Å². The van der Waals surface area contributed by atoms with Crippen LogP contribution in [-0.2, 0) is 17.9 Å². The second-order valence-electron chi connectivity index (χ2n) is 8.59. The van der Waals surface area contributed by atoms with Gasteiger partial charge in [-0.3, -0.25) is 9.69 Å². The largest absolute Gasteiger partial charge is 0.489 e. The zero-order valence-electron chi connectivity index (χ0n) is 17.8. The molecule has 2 aromatic heterocycles. The van der Waals surface area contributed by atoms with Gasteiger partial charge in [-0.25, -0.2) is 9.67 Å². The smallest absolute Gasteiger partial charge is 0.274 e. The molecule has 3 aliphatic heterocycles. The average molecular weight is 428 g/mol. The van der Waals surface area contributed by atoms with E-state index in [1.165, 1.54) is 0 Å². The number of aromatic nitrogens is 4. The van der Waals surface area contributed by atoms with Crippen molar-refractivity contribution in [3.63, 3.8) is 0 Å². The number of likely N-dealkylation sites (tertiary alicyclic amines) is 2. The number of carbonyl (C=O) groups excluding carboxylic acids is 1. The SMILES string of the molecule is CN1CCC(N2C[C@@H]3NC(=O)c4ncccc4OCCn4cc(nn4)CO[C@H]3C2)CC1. The Kier molecular flexibility index (Phi) is 5.84. The van der Waals surface area contributed by atoms with E-state index in [9.17, 15) is 4.79 Å². The maximum absolute atomic E-state index is 13.1. The minimum atomic E-state index is -0.228. The second kappa shape index (κ2) is 8.89. The van der Waals surface area contributed by atoms with Gasteiger partial charge in [0.15, 0.2) is 11.4 Å². The molecule has 2 atom stereocenters. The number of nitrogens with zero attached hydrogens (tertiary/aromatic N) is 6. The third-order valence-corrected chi connectivity index (χ3v) is 6.41. The van der Waals surface area contributed by atoms with Crippen LogP contribution in [0.1, 0.15) is 29.0 Å². The number of hydrogen-bond donors (Lipinski definition) is 1. The summed E-state index contributed by atoms with van der Waals surface area (Å²) in [6, 6.07) is 3.93. The van der Waals surface area contributed by atoms with Gasteiger partial charge in [0.05, 0.1) is 31.5 Å². The monoisotopic (exact) mass is 427 g/mol. The highest BCUT2D eigenvalue weighted by molar-refractivity contribution is 5.95. The number of amides is 1. The lowest BCUT2D eigenvalue weighted by Gasteiger charge is -2.35. The Balaban J connectivity index is 1.38. The fourth-order valence-electron chi connectivity index (χ4n) is 4.64. The number of piperidine rings is 1. The van der Waals surface area contributed by atoms with E-state index >= 15 is 0 Å². The highest BCUT2D eigenvalue weighted by Gasteiger charge is 2.39. The van der Waals surface area contributed by atoms with Crippen LogP contribution >= 0.6 is 0 Å². The zero-order chi connectivity index (χ0) is 21.2. The summed E-state index contributed by atoms with van der Waals surface area (Å²) in [7, 11) is 2.17. The van der Waals surface area contributed by atoms with E-state index in [0.717, 1.165) is 44.7 Å². The molecule has 2 bridgehead atoms. The molecule has 5 rings (SSSR count). The van der Waals surface area contributed by atoms with Gasteiger partial charge in [-0.15, -0.1) is 5.10 Å². The van der Waals surface area contributed by atoms with E-state index in [1.807, 2.05) is 6.20 Å². The minimum Gasteiger partial charge on any atom is -0.489 e. The van der Waals surface area contributed by atoms with Crippen LogP contribution in [0.4, 0.5) is 0 Å². The van der Waals surface area contributed by atoms with Crippen LogP contribution in [0, 0.1) is 0 Å². The summed E-state index contributed by atoms with van der Waals surface area (Å²) >= 11 is 0. The molecular weight excluding hydrogens is 398 g/mol. The Morgan fingerprint density at radius 2 is 2.06 bits per heavy atom. The molecule has 0 aliphatic carbocycles. The van der Waals surface area contributed by atoms with E-state index < -0.39 is 0 Å². The van der Waals surface area contributed by atoms with Gasteiger partial charge in [0, 0.05) is 25.3 Å². The predicted molar refractivity (Wildman–Crippen MR) is 112 cm³/mol. The lowest BCUT2D eigenvalue weighted by molar-refractivity contribution is 0.0254. The highest BCUT2D eigenvalue weighted by atomic mass is 16.5. The van der Waals surface area contributed by atoms with Crippen molar-refractivity contribution in [3.05, 3.63) is 35.9 Å². The number of fused-ring (bicyclic) bond motifs is 4. The van der Waals surface area contributed by atoms with Crippen LogP contribution in [0.15, 0.2) is 24.5 Å². The molecule has 2 saturated heterocycles. The Hall–Kier alpha value is -2.56. The van der Waals surface area contributed by atoms with E-state index in [0.29, 0.717) is 37.2 Å². The van der Waals surface area contributed by atoms with Crippen molar-refractivity contribution in [3.8, 4) is 5.75 Å². The summed E-state index contributed by atoms with van der Waals surface area (Å²) in [5.41, 5.74) is 1.08. The van der Waals surface area contributed by atoms with E-state index in [1.54, 1.807) is 23.0 Å². The highest BCUT2D eigenvalue weighted by Crippen LogP contribution is 2.24. The van der Waals surface area contributed by atoms with Gasteiger partial charge in [-0.2, -0.15) is 0 Å². The Morgan fingerprint density at radius 3 is 2.94 bits per heavy atom. The lowest BCUT2D eigenvalue weighted by atomic mass is 10.0. The molecule has 0 saturated carbocycles. The minimum absolute atomic E-state index is 0.121. The topological polar surface area (TPSA) is 97.6 Å². The fraction of sp³-hybridized carbons (Fsp3) is 0.619. The van der Waals surface area contributed by atoms with Crippen molar-refractivity contribution in [2.45, 2.75) is 44.2 Å². The Morgan fingerprint density at radius 1 is 1.19 bits per heavy atom. The van der Waals surface area contributed by atoms with Gasteiger partial charge in [0.2, 0.25) is 0 Å². The third-order valence-electron chi connectivity index (χ3n) is 6.41. The Bertz CT molecular complexity index is 912. The fourth-order valence-corrected chi connectivity index (χ4v) is 4.64. The third kappa shape index (κ3) is 4.56. The molecular formula is C21H29N7O3. The number of nitrogens with one attached hydrogen (secondary N) is 1. The second-order valence-corrected chi connectivity index (χ2v) is 8.59. The van der Waals surface area contributed by atoms with Crippen LogP contribution in [0.3, 0.4) is 0 Å². The van der Waals surface area contributed by atoms with Crippen LogP contribution < -0.4 is 10.1 Å². The van der Waals surface area contributed by atoms with Crippen LogP contribution in [0.25, 0.3) is 0 Å².